The second kappa shape index (κ2) is 7.26. The molecular weight excluding hydrogens is 350 g/mol. The van der Waals surface area contributed by atoms with Gasteiger partial charge in [0.1, 0.15) is 11.6 Å². The van der Waals surface area contributed by atoms with Crippen LogP contribution in [-0.4, -0.2) is 51.5 Å². The van der Waals surface area contributed by atoms with E-state index in [4.69, 9.17) is 4.98 Å². The average Bonchev–Trinajstić information content (AvgIpc) is 3.04. The molecule has 2 aromatic heterocycles. The molecule has 0 spiro atoms. The van der Waals surface area contributed by atoms with Crippen LogP contribution in [0, 0.1) is 6.92 Å². The minimum Gasteiger partial charge on any atom is -0.353 e. The first-order chi connectivity index (χ1) is 13.4. The SMILES string of the molecule is Cc1cc(N2CCN(C(=O)c3cn(C)c4ccccc34)CC2)nc(C(C)C)n1. The second-order valence-electron chi connectivity index (χ2n) is 7.83. The molecule has 0 atom stereocenters. The summed E-state index contributed by atoms with van der Waals surface area (Å²) in [6, 6.07) is 10.1. The first kappa shape index (κ1) is 18.5. The Morgan fingerprint density at radius 2 is 1.79 bits per heavy atom. The highest BCUT2D eigenvalue weighted by atomic mass is 16.2. The number of fused-ring (bicyclic) bond motifs is 1. The Morgan fingerprint density at radius 3 is 2.50 bits per heavy atom. The smallest absolute Gasteiger partial charge is 0.256 e. The number of para-hydroxylation sites is 1. The minimum atomic E-state index is 0.109. The van der Waals surface area contributed by atoms with E-state index in [0.717, 1.165) is 46.9 Å². The predicted molar refractivity (Wildman–Crippen MR) is 112 cm³/mol. The van der Waals surface area contributed by atoms with Crippen LogP contribution in [0.1, 0.15) is 41.6 Å². The fourth-order valence-electron chi connectivity index (χ4n) is 3.82. The maximum absolute atomic E-state index is 13.1. The Kier molecular flexibility index (Phi) is 4.79. The van der Waals surface area contributed by atoms with Crippen molar-refractivity contribution in [2.24, 2.45) is 7.05 Å². The van der Waals surface area contributed by atoms with E-state index >= 15 is 0 Å². The van der Waals surface area contributed by atoms with Crippen LogP contribution in [0.2, 0.25) is 0 Å². The largest absolute Gasteiger partial charge is 0.353 e. The van der Waals surface area contributed by atoms with Crippen LogP contribution in [0.4, 0.5) is 5.82 Å². The maximum Gasteiger partial charge on any atom is 0.256 e. The number of carbonyl (C=O) groups excluding carboxylic acids is 1. The summed E-state index contributed by atoms with van der Waals surface area (Å²) in [4.78, 5) is 26.6. The Labute approximate surface area is 165 Å². The van der Waals surface area contributed by atoms with Crippen molar-refractivity contribution in [1.82, 2.24) is 19.4 Å². The van der Waals surface area contributed by atoms with Gasteiger partial charge in [-0.1, -0.05) is 32.0 Å². The molecule has 6 heteroatoms. The summed E-state index contributed by atoms with van der Waals surface area (Å²) in [5, 5.41) is 1.02. The lowest BCUT2D eigenvalue weighted by Gasteiger charge is -2.35. The van der Waals surface area contributed by atoms with Gasteiger partial charge in [-0.3, -0.25) is 4.79 Å². The third kappa shape index (κ3) is 3.35. The number of hydrogen-bond acceptors (Lipinski definition) is 4. The van der Waals surface area contributed by atoms with Gasteiger partial charge >= 0.3 is 0 Å². The fourth-order valence-corrected chi connectivity index (χ4v) is 3.82. The molecule has 1 saturated heterocycles. The molecule has 6 nitrogen and oxygen atoms in total. The zero-order valence-electron chi connectivity index (χ0n) is 17.0. The van der Waals surface area contributed by atoms with Crippen LogP contribution in [0.25, 0.3) is 10.9 Å². The van der Waals surface area contributed by atoms with Gasteiger partial charge in [0.2, 0.25) is 0 Å². The van der Waals surface area contributed by atoms with Crippen molar-refractivity contribution in [2.75, 3.05) is 31.1 Å². The molecule has 3 heterocycles. The number of amides is 1. The summed E-state index contributed by atoms with van der Waals surface area (Å²) in [6.07, 6.45) is 1.95. The molecule has 28 heavy (non-hydrogen) atoms. The number of benzene rings is 1. The fraction of sp³-hybridized carbons (Fsp3) is 0.409. The second-order valence-corrected chi connectivity index (χ2v) is 7.83. The van der Waals surface area contributed by atoms with Gasteiger partial charge in [0.05, 0.1) is 5.56 Å². The lowest BCUT2D eigenvalue weighted by molar-refractivity contribution is 0.0748. The summed E-state index contributed by atoms with van der Waals surface area (Å²) >= 11 is 0. The molecule has 146 valence electrons. The van der Waals surface area contributed by atoms with Crippen LogP contribution in [-0.2, 0) is 7.05 Å². The normalized spacial score (nSPS) is 14.9. The number of hydrogen-bond donors (Lipinski definition) is 0. The van der Waals surface area contributed by atoms with Gasteiger partial charge in [-0.15, -0.1) is 0 Å². The molecule has 0 aliphatic carbocycles. The lowest BCUT2D eigenvalue weighted by atomic mass is 10.1. The van der Waals surface area contributed by atoms with Crippen molar-refractivity contribution in [1.29, 1.82) is 0 Å². The van der Waals surface area contributed by atoms with E-state index in [1.807, 2.05) is 60.0 Å². The van der Waals surface area contributed by atoms with Crippen LogP contribution < -0.4 is 4.90 Å². The van der Waals surface area contributed by atoms with Crippen LogP contribution in [0.15, 0.2) is 36.5 Å². The lowest BCUT2D eigenvalue weighted by Crippen LogP contribution is -2.49. The summed E-state index contributed by atoms with van der Waals surface area (Å²) in [7, 11) is 1.99. The van der Waals surface area contributed by atoms with Crippen molar-refractivity contribution in [3.63, 3.8) is 0 Å². The quantitative estimate of drug-likeness (QED) is 0.702. The van der Waals surface area contributed by atoms with E-state index in [1.165, 1.54) is 0 Å². The zero-order valence-corrected chi connectivity index (χ0v) is 17.0. The van der Waals surface area contributed by atoms with Crippen molar-refractivity contribution >= 4 is 22.6 Å². The third-order valence-electron chi connectivity index (χ3n) is 5.39. The molecular formula is C22H27N5O. The first-order valence-corrected chi connectivity index (χ1v) is 9.88. The van der Waals surface area contributed by atoms with Crippen LogP contribution >= 0.6 is 0 Å². The Hall–Kier alpha value is -2.89. The molecule has 1 amide bonds. The van der Waals surface area contributed by atoms with Gasteiger partial charge in [0, 0.05) is 68.0 Å². The summed E-state index contributed by atoms with van der Waals surface area (Å²) in [5.74, 6) is 2.25. The molecule has 0 radical (unpaired) electrons. The summed E-state index contributed by atoms with van der Waals surface area (Å²) in [5.41, 5.74) is 2.86. The number of nitrogens with zero attached hydrogens (tertiary/aromatic N) is 5. The molecule has 1 fully saturated rings. The molecule has 0 saturated carbocycles. The molecule has 0 N–H and O–H groups in total. The number of aryl methyl sites for hydroxylation is 2. The highest BCUT2D eigenvalue weighted by molar-refractivity contribution is 6.07. The molecule has 1 aromatic carbocycles. The van der Waals surface area contributed by atoms with E-state index in [-0.39, 0.29) is 5.91 Å². The number of rotatable bonds is 3. The Bertz CT molecular complexity index is 1010. The highest BCUT2D eigenvalue weighted by Crippen LogP contribution is 2.23. The van der Waals surface area contributed by atoms with Gasteiger partial charge in [0.15, 0.2) is 0 Å². The number of piperazine rings is 1. The zero-order chi connectivity index (χ0) is 19.8. The van der Waals surface area contributed by atoms with Crippen molar-refractivity contribution in [2.45, 2.75) is 26.7 Å². The van der Waals surface area contributed by atoms with E-state index in [1.54, 1.807) is 0 Å². The molecule has 0 unspecified atom stereocenters. The third-order valence-corrected chi connectivity index (χ3v) is 5.39. The Morgan fingerprint density at radius 1 is 1.07 bits per heavy atom. The van der Waals surface area contributed by atoms with Gasteiger partial charge in [-0.25, -0.2) is 9.97 Å². The molecule has 3 aromatic rings. The molecule has 0 bridgehead atoms. The minimum absolute atomic E-state index is 0.109. The van der Waals surface area contributed by atoms with Gasteiger partial charge < -0.3 is 14.4 Å². The van der Waals surface area contributed by atoms with Gasteiger partial charge in [-0.05, 0) is 13.0 Å². The monoisotopic (exact) mass is 377 g/mol. The summed E-state index contributed by atoms with van der Waals surface area (Å²) in [6.45, 7) is 9.19. The van der Waals surface area contributed by atoms with E-state index in [0.29, 0.717) is 19.0 Å². The van der Waals surface area contributed by atoms with Crippen molar-refractivity contribution < 1.29 is 4.79 Å². The topological polar surface area (TPSA) is 54.3 Å². The van der Waals surface area contributed by atoms with E-state index in [9.17, 15) is 4.79 Å². The number of carbonyl (C=O) groups is 1. The first-order valence-electron chi connectivity index (χ1n) is 9.88. The van der Waals surface area contributed by atoms with Crippen molar-refractivity contribution in [3.05, 3.63) is 53.6 Å². The van der Waals surface area contributed by atoms with Gasteiger partial charge in [0.25, 0.3) is 5.91 Å². The molecule has 4 rings (SSSR count). The highest BCUT2D eigenvalue weighted by Gasteiger charge is 2.25. The van der Waals surface area contributed by atoms with Crippen LogP contribution in [0.3, 0.4) is 0 Å². The average molecular weight is 377 g/mol. The molecule has 1 aliphatic heterocycles. The standard InChI is InChI=1S/C22H27N5O/c1-15(2)21-23-16(3)13-20(24-21)26-9-11-27(12-10-26)22(28)18-14-25(4)19-8-6-5-7-17(18)19/h5-8,13-15H,9-12H2,1-4H3. The molecule has 1 aliphatic rings. The maximum atomic E-state index is 13.1. The number of aromatic nitrogens is 3. The van der Waals surface area contributed by atoms with Crippen molar-refractivity contribution in [3.8, 4) is 0 Å². The Balaban J connectivity index is 1.50. The number of anilines is 1. The van der Waals surface area contributed by atoms with Crippen LogP contribution in [0.5, 0.6) is 0 Å². The van der Waals surface area contributed by atoms with Gasteiger partial charge in [-0.2, -0.15) is 0 Å². The predicted octanol–water partition coefficient (Wildman–Crippen LogP) is 3.36. The summed E-state index contributed by atoms with van der Waals surface area (Å²) < 4.78 is 2.02. The van der Waals surface area contributed by atoms with E-state index in [2.05, 4.69) is 23.7 Å². The van der Waals surface area contributed by atoms with E-state index < -0.39 is 0 Å².